The number of rotatable bonds is 1. The van der Waals surface area contributed by atoms with E-state index in [1.807, 2.05) is 0 Å². The van der Waals surface area contributed by atoms with Crippen molar-refractivity contribution in [3.05, 3.63) is 13.4 Å². The maximum atomic E-state index is 4.42. The Hall–Kier alpha value is 0.590. The third-order valence-electron chi connectivity index (χ3n) is 2.08. The standard InChI is InChI=1S/C7H7Br2NS/c8-6-5(4-2-1-3-4)10-7(9)11-6/h4H,1-3H2. The van der Waals surface area contributed by atoms with Crippen molar-refractivity contribution < 1.29 is 0 Å². The van der Waals surface area contributed by atoms with Crippen LogP contribution in [0.5, 0.6) is 0 Å². The van der Waals surface area contributed by atoms with Crippen LogP contribution in [0.1, 0.15) is 30.9 Å². The molecule has 0 N–H and O–H groups in total. The Morgan fingerprint density at radius 2 is 2.09 bits per heavy atom. The molecule has 0 atom stereocenters. The number of nitrogens with zero attached hydrogens (tertiary/aromatic N) is 1. The summed E-state index contributed by atoms with van der Waals surface area (Å²) in [7, 11) is 0. The van der Waals surface area contributed by atoms with Crippen LogP contribution in [0.15, 0.2) is 7.70 Å². The molecule has 0 bridgehead atoms. The van der Waals surface area contributed by atoms with Gasteiger partial charge in [0, 0.05) is 5.92 Å². The van der Waals surface area contributed by atoms with Gasteiger partial charge in [-0.3, -0.25) is 0 Å². The van der Waals surface area contributed by atoms with Crippen molar-refractivity contribution >= 4 is 43.2 Å². The summed E-state index contributed by atoms with van der Waals surface area (Å²) in [5.74, 6) is 0.729. The molecule has 0 unspecified atom stereocenters. The lowest BCUT2D eigenvalue weighted by atomic mass is 9.83. The number of aromatic nitrogens is 1. The third kappa shape index (κ3) is 1.53. The van der Waals surface area contributed by atoms with E-state index in [1.165, 1.54) is 28.7 Å². The molecule has 0 amide bonds. The van der Waals surface area contributed by atoms with Crippen molar-refractivity contribution in [1.82, 2.24) is 4.98 Å². The zero-order valence-electron chi connectivity index (χ0n) is 5.81. The predicted molar refractivity (Wildman–Crippen MR) is 54.1 cm³/mol. The fourth-order valence-corrected chi connectivity index (χ4v) is 4.03. The molecule has 0 aromatic carbocycles. The predicted octanol–water partition coefficient (Wildman–Crippen LogP) is 3.94. The molecule has 1 fully saturated rings. The molecule has 4 heteroatoms. The van der Waals surface area contributed by atoms with Gasteiger partial charge in [0.15, 0.2) is 3.92 Å². The van der Waals surface area contributed by atoms with Gasteiger partial charge in [-0.15, -0.1) is 0 Å². The van der Waals surface area contributed by atoms with Crippen molar-refractivity contribution in [1.29, 1.82) is 0 Å². The van der Waals surface area contributed by atoms with E-state index in [0.29, 0.717) is 0 Å². The zero-order valence-corrected chi connectivity index (χ0v) is 9.80. The molecule has 1 aromatic rings. The molecule has 0 aliphatic heterocycles. The first-order chi connectivity index (χ1) is 5.27. The van der Waals surface area contributed by atoms with Gasteiger partial charge in [-0.25, -0.2) is 4.98 Å². The molecular formula is C7H7Br2NS. The van der Waals surface area contributed by atoms with Gasteiger partial charge in [0.2, 0.25) is 0 Å². The number of halogens is 2. The molecule has 60 valence electrons. The largest absolute Gasteiger partial charge is 0.233 e. The number of hydrogen-bond acceptors (Lipinski definition) is 2. The number of thiazole rings is 1. The van der Waals surface area contributed by atoms with Crippen molar-refractivity contribution in [2.45, 2.75) is 25.2 Å². The molecular weight excluding hydrogens is 290 g/mol. The van der Waals surface area contributed by atoms with Gasteiger partial charge in [0.25, 0.3) is 0 Å². The summed E-state index contributed by atoms with van der Waals surface area (Å²) in [6.45, 7) is 0. The van der Waals surface area contributed by atoms with Gasteiger partial charge < -0.3 is 0 Å². The van der Waals surface area contributed by atoms with Crippen LogP contribution in [-0.4, -0.2) is 4.98 Å². The van der Waals surface area contributed by atoms with Crippen LogP contribution in [0.3, 0.4) is 0 Å². The average Bonchev–Trinajstić information content (AvgIpc) is 2.07. The van der Waals surface area contributed by atoms with E-state index in [-0.39, 0.29) is 0 Å². The highest BCUT2D eigenvalue weighted by Gasteiger charge is 2.24. The fraction of sp³-hybridized carbons (Fsp3) is 0.571. The van der Waals surface area contributed by atoms with Gasteiger partial charge in [-0.2, -0.15) is 0 Å². The minimum Gasteiger partial charge on any atom is -0.233 e. The molecule has 0 radical (unpaired) electrons. The topological polar surface area (TPSA) is 12.9 Å². The zero-order chi connectivity index (χ0) is 7.84. The van der Waals surface area contributed by atoms with E-state index in [4.69, 9.17) is 0 Å². The lowest BCUT2D eigenvalue weighted by molar-refractivity contribution is 0.411. The van der Waals surface area contributed by atoms with E-state index in [1.54, 1.807) is 11.3 Å². The summed E-state index contributed by atoms with van der Waals surface area (Å²) >= 11 is 8.57. The molecule has 0 spiro atoms. The minimum atomic E-state index is 0.729. The second-order valence-electron chi connectivity index (χ2n) is 2.75. The second kappa shape index (κ2) is 3.15. The smallest absolute Gasteiger partial charge is 0.160 e. The van der Waals surface area contributed by atoms with Crippen molar-refractivity contribution in [3.8, 4) is 0 Å². The normalized spacial score (nSPS) is 18.4. The minimum absolute atomic E-state index is 0.729. The Morgan fingerprint density at radius 1 is 1.36 bits per heavy atom. The Bertz CT molecular complexity index is 267. The molecule has 1 heterocycles. The van der Waals surface area contributed by atoms with Crippen LogP contribution in [0.2, 0.25) is 0 Å². The van der Waals surface area contributed by atoms with E-state index in [2.05, 4.69) is 36.8 Å². The Balaban J connectivity index is 2.28. The second-order valence-corrected chi connectivity index (χ2v) is 6.35. The molecule has 0 saturated heterocycles. The van der Waals surface area contributed by atoms with Gasteiger partial charge in [0.1, 0.15) is 0 Å². The van der Waals surface area contributed by atoms with E-state index < -0.39 is 0 Å². The van der Waals surface area contributed by atoms with Crippen LogP contribution >= 0.6 is 43.2 Å². The van der Waals surface area contributed by atoms with Crippen molar-refractivity contribution in [2.24, 2.45) is 0 Å². The lowest BCUT2D eigenvalue weighted by Crippen LogP contribution is -2.09. The summed E-state index contributed by atoms with van der Waals surface area (Å²) in [6.07, 6.45) is 4.00. The SMILES string of the molecule is Brc1nc(C2CCC2)c(Br)s1. The highest BCUT2D eigenvalue weighted by Crippen LogP contribution is 2.42. The molecule has 1 aliphatic rings. The average molecular weight is 297 g/mol. The lowest BCUT2D eigenvalue weighted by Gasteiger charge is -2.23. The van der Waals surface area contributed by atoms with Crippen LogP contribution in [0, 0.1) is 0 Å². The molecule has 1 nitrogen and oxygen atoms in total. The first-order valence-corrected chi connectivity index (χ1v) is 5.99. The summed E-state index contributed by atoms with van der Waals surface area (Å²) in [5.41, 5.74) is 1.26. The molecule has 1 saturated carbocycles. The van der Waals surface area contributed by atoms with Crippen molar-refractivity contribution in [2.75, 3.05) is 0 Å². The summed E-state index contributed by atoms with van der Waals surface area (Å²) in [5, 5.41) is 0. The van der Waals surface area contributed by atoms with Crippen LogP contribution in [0.25, 0.3) is 0 Å². The summed E-state index contributed by atoms with van der Waals surface area (Å²) in [4.78, 5) is 4.42. The van der Waals surface area contributed by atoms with Gasteiger partial charge >= 0.3 is 0 Å². The molecule has 11 heavy (non-hydrogen) atoms. The van der Waals surface area contributed by atoms with Crippen LogP contribution in [0.4, 0.5) is 0 Å². The molecule has 1 aliphatic carbocycles. The van der Waals surface area contributed by atoms with Crippen LogP contribution < -0.4 is 0 Å². The summed E-state index contributed by atoms with van der Waals surface area (Å²) in [6, 6.07) is 0. The number of hydrogen-bond donors (Lipinski definition) is 0. The third-order valence-corrected chi connectivity index (χ3v) is 4.28. The maximum Gasteiger partial charge on any atom is 0.160 e. The summed E-state index contributed by atoms with van der Waals surface area (Å²) < 4.78 is 2.19. The van der Waals surface area contributed by atoms with Gasteiger partial charge in [-0.05, 0) is 44.7 Å². The Kier molecular flexibility index (Phi) is 2.35. The highest BCUT2D eigenvalue weighted by atomic mass is 79.9. The van der Waals surface area contributed by atoms with Gasteiger partial charge in [0.05, 0.1) is 9.48 Å². The quantitative estimate of drug-likeness (QED) is 0.765. The maximum absolute atomic E-state index is 4.42. The molecule has 1 aromatic heterocycles. The first-order valence-electron chi connectivity index (χ1n) is 3.59. The molecule has 2 rings (SSSR count). The Morgan fingerprint density at radius 3 is 2.45 bits per heavy atom. The first kappa shape index (κ1) is 8.20. The monoisotopic (exact) mass is 295 g/mol. The fourth-order valence-electron chi connectivity index (χ4n) is 1.22. The van der Waals surface area contributed by atoms with E-state index >= 15 is 0 Å². The van der Waals surface area contributed by atoms with Crippen LogP contribution in [-0.2, 0) is 0 Å². The highest BCUT2D eigenvalue weighted by molar-refractivity contribution is 9.12. The van der Waals surface area contributed by atoms with E-state index in [9.17, 15) is 0 Å². The van der Waals surface area contributed by atoms with Crippen molar-refractivity contribution in [3.63, 3.8) is 0 Å². The Labute approximate surface area is 86.5 Å². The van der Waals surface area contributed by atoms with E-state index in [0.717, 1.165) is 9.83 Å². The van der Waals surface area contributed by atoms with Gasteiger partial charge in [-0.1, -0.05) is 17.8 Å².